The van der Waals surface area contributed by atoms with E-state index in [1.54, 1.807) is 0 Å². The maximum absolute atomic E-state index is 6.19. The molecule has 3 heteroatoms. The van der Waals surface area contributed by atoms with Crippen molar-refractivity contribution in [1.82, 2.24) is 5.32 Å². The molecular weight excluding hydrogens is 250 g/mol. The standard InChI is InChI=1S/C17H29NO2/c1-12(2)16-8-5-13(3)9-17(16)19-11-15-7-6-14(20-15)10-18-4/h6-7,12-13,16-18H,5,8-11H2,1-4H3. The Labute approximate surface area is 123 Å². The first-order chi connectivity index (χ1) is 9.60. The van der Waals surface area contributed by atoms with Gasteiger partial charge in [-0.3, -0.25) is 0 Å². The molecule has 0 aliphatic heterocycles. The number of rotatable bonds is 6. The Balaban J connectivity index is 1.89. The maximum Gasteiger partial charge on any atom is 0.129 e. The molecule has 3 atom stereocenters. The lowest BCUT2D eigenvalue weighted by molar-refractivity contribution is -0.0524. The predicted octanol–water partition coefficient (Wildman–Crippen LogP) is 3.98. The van der Waals surface area contributed by atoms with Crippen molar-refractivity contribution in [3.05, 3.63) is 23.7 Å². The highest BCUT2D eigenvalue weighted by molar-refractivity contribution is 5.06. The second-order valence-corrected chi connectivity index (χ2v) is 6.57. The minimum absolute atomic E-state index is 0.386. The summed E-state index contributed by atoms with van der Waals surface area (Å²) in [7, 11) is 1.93. The predicted molar refractivity (Wildman–Crippen MR) is 81.4 cm³/mol. The van der Waals surface area contributed by atoms with Crippen molar-refractivity contribution in [2.24, 2.45) is 17.8 Å². The summed E-state index contributed by atoms with van der Waals surface area (Å²) in [6.07, 6.45) is 4.21. The van der Waals surface area contributed by atoms with E-state index in [2.05, 4.69) is 26.1 Å². The van der Waals surface area contributed by atoms with Crippen molar-refractivity contribution in [2.75, 3.05) is 7.05 Å². The smallest absolute Gasteiger partial charge is 0.129 e. The molecule has 1 saturated carbocycles. The Hall–Kier alpha value is -0.800. The van der Waals surface area contributed by atoms with Crippen LogP contribution in [0.25, 0.3) is 0 Å². The largest absolute Gasteiger partial charge is 0.462 e. The molecule has 0 saturated heterocycles. The summed E-state index contributed by atoms with van der Waals surface area (Å²) in [4.78, 5) is 0. The van der Waals surface area contributed by atoms with E-state index < -0.39 is 0 Å². The van der Waals surface area contributed by atoms with Gasteiger partial charge in [0.25, 0.3) is 0 Å². The first-order valence-electron chi connectivity index (χ1n) is 7.94. The van der Waals surface area contributed by atoms with Gasteiger partial charge in [-0.2, -0.15) is 0 Å². The zero-order chi connectivity index (χ0) is 14.5. The van der Waals surface area contributed by atoms with Gasteiger partial charge < -0.3 is 14.5 Å². The van der Waals surface area contributed by atoms with Crippen LogP contribution in [0.3, 0.4) is 0 Å². The third-order valence-corrected chi connectivity index (χ3v) is 4.47. The molecule has 2 rings (SSSR count). The van der Waals surface area contributed by atoms with Crippen molar-refractivity contribution < 1.29 is 9.15 Å². The van der Waals surface area contributed by atoms with Gasteiger partial charge >= 0.3 is 0 Å². The van der Waals surface area contributed by atoms with Crippen LogP contribution in [-0.4, -0.2) is 13.2 Å². The summed E-state index contributed by atoms with van der Waals surface area (Å²) in [5.41, 5.74) is 0. The minimum Gasteiger partial charge on any atom is -0.462 e. The lowest BCUT2D eigenvalue weighted by Gasteiger charge is -2.37. The van der Waals surface area contributed by atoms with E-state index in [-0.39, 0.29) is 0 Å². The molecule has 1 N–H and O–H groups in total. The molecule has 0 spiro atoms. The normalized spacial score (nSPS) is 27.1. The Kier molecular flexibility index (Phi) is 5.67. The summed E-state index contributed by atoms with van der Waals surface area (Å²) in [5, 5.41) is 3.10. The molecule has 20 heavy (non-hydrogen) atoms. The molecule has 1 heterocycles. The van der Waals surface area contributed by atoms with E-state index in [4.69, 9.17) is 9.15 Å². The average molecular weight is 279 g/mol. The lowest BCUT2D eigenvalue weighted by Crippen LogP contribution is -2.34. The van der Waals surface area contributed by atoms with Crippen molar-refractivity contribution in [1.29, 1.82) is 0 Å². The van der Waals surface area contributed by atoms with Crippen LogP contribution >= 0.6 is 0 Å². The molecular formula is C17H29NO2. The quantitative estimate of drug-likeness (QED) is 0.855. The second-order valence-electron chi connectivity index (χ2n) is 6.57. The Morgan fingerprint density at radius 2 is 2.05 bits per heavy atom. The number of hydrogen-bond donors (Lipinski definition) is 1. The van der Waals surface area contributed by atoms with Gasteiger partial charge in [0.15, 0.2) is 0 Å². The minimum atomic E-state index is 0.386. The molecule has 1 aromatic rings. The number of ether oxygens (including phenoxy) is 1. The van der Waals surface area contributed by atoms with Crippen LogP contribution in [0, 0.1) is 17.8 Å². The van der Waals surface area contributed by atoms with Gasteiger partial charge in [-0.05, 0) is 49.8 Å². The highest BCUT2D eigenvalue weighted by Gasteiger charge is 2.31. The Morgan fingerprint density at radius 3 is 2.75 bits per heavy atom. The maximum atomic E-state index is 6.19. The molecule has 1 aliphatic carbocycles. The van der Waals surface area contributed by atoms with Crippen LogP contribution < -0.4 is 5.32 Å². The van der Waals surface area contributed by atoms with Crippen molar-refractivity contribution >= 4 is 0 Å². The van der Waals surface area contributed by atoms with Crippen LogP contribution in [0.4, 0.5) is 0 Å². The van der Waals surface area contributed by atoms with E-state index in [1.165, 1.54) is 19.3 Å². The zero-order valence-electron chi connectivity index (χ0n) is 13.3. The molecule has 1 aromatic heterocycles. The highest BCUT2D eigenvalue weighted by atomic mass is 16.5. The third kappa shape index (κ3) is 4.10. The van der Waals surface area contributed by atoms with Crippen LogP contribution in [-0.2, 0) is 17.9 Å². The molecule has 0 bridgehead atoms. The molecule has 0 aromatic carbocycles. The second kappa shape index (κ2) is 7.28. The van der Waals surface area contributed by atoms with Gasteiger partial charge in [-0.1, -0.05) is 27.2 Å². The monoisotopic (exact) mass is 279 g/mol. The molecule has 3 unspecified atom stereocenters. The number of hydrogen-bond acceptors (Lipinski definition) is 3. The molecule has 0 radical (unpaired) electrons. The van der Waals surface area contributed by atoms with E-state index in [9.17, 15) is 0 Å². The zero-order valence-corrected chi connectivity index (χ0v) is 13.3. The highest BCUT2D eigenvalue weighted by Crippen LogP contribution is 2.35. The van der Waals surface area contributed by atoms with Crippen LogP contribution in [0.2, 0.25) is 0 Å². The van der Waals surface area contributed by atoms with E-state index in [1.807, 2.05) is 19.2 Å². The summed E-state index contributed by atoms with van der Waals surface area (Å²) in [6, 6.07) is 4.06. The van der Waals surface area contributed by atoms with Crippen molar-refractivity contribution in [3.63, 3.8) is 0 Å². The number of furan rings is 1. The van der Waals surface area contributed by atoms with Gasteiger partial charge in [-0.25, -0.2) is 0 Å². The SMILES string of the molecule is CNCc1ccc(COC2CC(C)CCC2C(C)C)o1. The van der Waals surface area contributed by atoms with Crippen molar-refractivity contribution in [3.8, 4) is 0 Å². The molecule has 1 aliphatic rings. The fourth-order valence-corrected chi connectivity index (χ4v) is 3.26. The molecule has 114 valence electrons. The van der Waals surface area contributed by atoms with E-state index in [0.29, 0.717) is 24.5 Å². The lowest BCUT2D eigenvalue weighted by atomic mass is 9.75. The van der Waals surface area contributed by atoms with Gasteiger partial charge in [0, 0.05) is 0 Å². The first-order valence-corrected chi connectivity index (χ1v) is 7.94. The van der Waals surface area contributed by atoms with Crippen LogP contribution in [0.15, 0.2) is 16.5 Å². The average Bonchev–Trinajstić information content (AvgIpc) is 2.84. The summed E-state index contributed by atoms with van der Waals surface area (Å²) in [6.45, 7) is 8.34. The fraction of sp³-hybridized carbons (Fsp3) is 0.765. The summed E-state index contributed by atoms with van der Waals surface area (Å²) in [5.74, 6) is 4.09. The van der Waals surface area contributed by atoms with Crippen molar-refractivity contribution in [2.45, 2.75) is 59.3 Å². The van der Waals surface area contributed by atoms with Gasteiger partial charge in [0.05, 0.1) is 12.6 Å². The summed E-state index contributed by atoms with van der Waals surface area (Å²) < 4.78 is 11.9. The third-order valence-electron chi connectivity index (χ3n) is 4.47. The molecule has 0 amide bonds. The van der Waals surface area contributed by atoms with Crippen LogP contribution in [0.5, 0.6) is 0 Å². The molecule has 1 fully saturated rings. The number of nitrogens with one attached hydrogen (secondary N) is 1. The Bertz CT molecular complexity index is 399. The van der Waals surface area contributed by atoms with E-state index in [0.717, 1.165) is 24.0 Å². The molecule has 3 nitrogen and oxygen atoms in total. The van der Waals surface area contributed by atoms with Crippen LogP contribution in [0.1, 0.15) is 51.6 Å². The van der Waals surface area contributed by atoms with E-state index >= 15 is 0 Å². The summed E-state index contributed by atoms with van der Waals surface area (Å²) >= 11 is 0. The van der Waals surface area contributed by atoms with Gasteiger partial charge in [0.2, 0.25) is 0 Å². The topological polar surface area (TPSA) is 34.4 Å². The fourth-order valence-electron chi connectivity index (χ4n) is 3.26. The first kappa shape index (κ1) is 15.6. The van der Waals surface area contributed by atoms with Gasteiger partial charge in [0.1, 0.15) is 18.1 Å². The Morgan fingerprint density at radius 1 is 1.30 bits per heavy atom. The van der Waals surface area contributed by atoms with Gasteiger partial charge in [-0.15, -0.1) is 0 Å².